The first-order valence-electron chi connectivity index (χ1n) is 6.03. The van der Waals surface area contributed by atoms with Crippen LogP contribution in [0.15, 0.2) is 11.6 Å². The maximum atomic E-state index is 11.6. The molecule has 18 heavy (non-hydrogen) atoms. The van der Waals surface area contributed by atoms with Crippen molar-refractivity contribution in [2.75, 3.05) is 0 Å². The molecule has 0 radical (unpaired) electrons. The molecular formula is C13H20ClNO3. The molecule has 1 aliphatic rings. The van der Waals surface area contributed by atoms with Crippen LogP contribution in [0.3, 0.4) is 0 Å². The molecule has 0 saturated heterocycles. The predicted molar refractivity (Wildman–Crippen MR) is 70.5 cm³/mol. The molecule has 102 valence electrons. The number of hydrogen-bond acceptors (Lipinski definition) is 3. The van der Waals surface area contributed by atoms with Crippen molar-refractivity contribution < 1.29 is 14.3 Å². The highest BCUT2D eigenvalue weighted by Gasteiger charge is 2.35. The van der Waals surface area contributed by atoms with Crippen LogP contribution >= 0.6 is 11.6 Å². The molecule has 1 fully saturated rings. The van der Waals surface area contributed by atoms with Crippen molar-refractivity contribution >= 4 is 23.5 Å². The quantitative estimate of drug-likeness (QED) is 0.857. The van der Waals surface area contributed by atoms with Crippen molar-refractivity contribution in [2.24, 2.45) is 5.92 Å². The molecule has 0 aromatic carbocycles. The highest BCUT2D eigenvalue weighted by Crippen LogP contribution is 2.30. The molecule has 0 aromatic heterocycles. The van der Waals surface area contributed by atoms with E-state index in [-0.39, 0.29) is 24.2 Å². The zero-order valence-electron chi connectivity index (χ0n) is 11.1. The Kier molecular flexibility index (Phi) is 4.79. The van der Waals surface area contributed by atoms with Gasteiger partial charge in [0.1, 0.15) is 11.4 Å². The van der Waals surface area contributed by atoms with Gasteiger partial charge < -0.3 is 10.1 Å². The molecule has 4 nitrogen and oxygen atoms in total. The molecule has 0 bridgehead atoms. The number of ether oxygens (including phenoxy) is 1. The molecule has 0 aromatic rings. The zero-order valence-corrected chi connectivity index (χ0v) is 11.8. The van der Waals surface area contributed by atoms with Crippen LogP contribution in [-0.4, -0.2) is 23.5 Å². The smallest absolute Gasteiger partial charge is 0.407 e. The van der Waals surface area contributed by atoms with Gasteiger partial charge in [0, 0.05) is 23.4 Å². The minimum Gasteiger partial charge on any atom is -0.444 e. The lowest BCUT2D eigenvalue weighted by atomic mass is 9.77. The van der Waals surface area contributed by atoms with E-state index < -0.39 is 11.7 Å². The Hall–Kier alpha value is -1.03. The normalized spacial score (nSPS) is 22.9. The first-order chi connectivity index (χ1) is 8.17. The summed E-state index contributed by atoms with van der Waals surface area (Å²) in [5.74, 6) is 0.0812. The van der Waals surface area contributed by atoms with E-state index in [0.29, 0.717) is 17.9 Å². The summed E-state index contributed by atoms with van der Waals surface area (Å²) in [4.78, 5) is 23.1. The molecule has 1 N–H and O–H groups in total. The number of halogens is 1. The first-order valence-corrected chi connectivity index (χ1v) is 6.40. The molecule has 1 amide bonds. The largest absolute Gasteiger partial charge is 0.444 e. The molecule has 1 aliphatic carbocycles. The summed E-state index contributed by atoms with van der Waals surface area (Å²) in [6, 6.07) is 0.0254. The molecule has 5 heteroatoms. The lowest BCUT2D eigenvalue weighted by molar-refractivity contribution is -0.125. The van der Waals surface area contributed by atoms with Crippen molar-refractivity contribution in [3.8, 4) is 0 Å². The van der Waals surface area contributed by atoms with Crippen LogP contribution in [0.1, 0.15) is 40.0 Å². The van der Waals surface area contributed by atoms with Gasteiger partial charge in [-0.05, 0) is 33.6 Å². The van der Waals surface area contributed by atoms with Crippen LogP contribution < -0.4 is 5.32 Å². The molecule has 0 aliphatic heterocycles. The second kappa shape index (κ2) is 5.74. The fourth-order valence-electron chi connectivity index (χ4n) is 1.81. The minimum atomic E-state index is -0.501. The first kappa shape index (κ1) is 15.0. The van der Waals surface area contributed by atoms with Gasteiger partial charge >= 0.3 is 6.09 Å². The zero-order chi connectivity index (χ0) is 13.9. The fourth-order valence-corrected chi connectivity index (χ4v) is 1.94. The number of ketones is 1. The average Bonchev–Trinajstić information content (AvgIpc) is 2.05. The summed E-state index contributed by atoms with van der Waals surface area (Å²) in [6.07, 6.45) is 1.09. The molecule has 0 heterocycles. The van der Waals surface area contributed by atoms with Gasteiger partial charge in [0.2, 0.25) is 0 Å². The summed E-state index contributed by atoms with van der Waals surface area (Å²) in [7, 11) is 0. The molecular weight excluding hydrogens is 254 g/mol. The Morgan fingerprint density at radius 1 is 1.39 bits per heavy atom. The van der Waals surface area contributed by atoms with Gasteiger partial charge in [0.25, 0.3) is 0 Å². The average molecular weight is 274 g/mol. The number of carbonyl (C=O) groups excluding carboxylic acids is 2. The number of hydrogen-bond donors (Lipinski definition) is 1. The number of rotatable bonds is 4. The number of allylic oxidation sites excluding steroid dienone is 1. The van der Waals surface area contributed by atoms with E-state index in [0.717, 1.165) is 0 Å². The highest BCUT2D eigenvalue weighted by molar-refractivity contribution is 6.30. The number of amides is 1. The number of alkyl carbamates (subject to hydrolysis) is 1. The molecule has 1 rings (SSSR count). The Bertz CT molecular complexity index is 354. The number of carbonyl (C=O) groups is 2. The molecule has 0 unspecified atom stereocenters. The van der Waals surface area contributed by atoms with E-state index in [9.17, 15) is 9.59 Å². The summed E-state index contributed by atoms with van der Waals surface area (Å²) in [5.41, 5.74) is -0.501. The van der Waals surface area contributed by atoms with Crippen LogP contribution in [0.25, 0.3) is 0 Å². The van der Waals surface area contributed by atoms with Gasteiger partial charge in [-0.25, -0.2) is 4.79 Å². The second-order valence-corrected chi connectivity index (χ2v) is 6.21. The Morgan fingerprint density at radius 3 is 2.39 bits per heavy atom. The van der Waals surface area contributed by atoms with Crippen molar-refractivity contribution in [1.82, 2.24) is 5.32 Å². The van der Waals surface area contributed by atoms with Crippen LogP contribution in [-0.2, 0) is 9.53 Å². The van der Waals surface area contributed by atoms with Gasteiger partial charge in [0.05, 0.1) is 0 Å². The van der Waals surface area contributed by atoms with E-state index in [4.69, 9.17) is 16.3 Å². The lowest BCUT2D eigenvalue weighted by Gasteiger charge is -2.35. The third-order valence-electron chi connectivity index (χ3n) is 2.68. The maximum Gasteiger partial charge on any atom is 0.407 e. The summed E-state index contributed by atoms with van der Waals surface area (Å²) in [5, 5.41) is 3.11. The van der Waals surface area contributed by atoms with Crippen molar-refractivity contribution in [3.63, 3.8) is 0 Å². The summed E-state index contributed by atoms with van der Waals surface area (Å²) < 4.78 is 5.13. The van der Waals surface area contributed by atoms with Crippen LogP contribution in [0.5, 0.6) is 0 Å². The third-order valence-corrected chi connectivity index (χ3v) is 2.81. The van der Waals surface area contributed by atoms with Crippen molar-refractivity contribution in [2.45, 2.75) is 51.7 Å². The van der Waals surface area contributed by atoms with Crippen LogP contribution in [0.4, 0.5) is 4.79 Å². The summed E-state index contributed by atoms with van der Waals surface area (Å²) in [6.45, 7) is 8.93. The van der Waals surface area contributed by atoms with Gasteiger partial charge in [-0.1, -0.05) is 18.2 Å². The Balaban J connectivity index is 2.25. The highest BCUT2D eigenvalue weighted by atomic mass is 35.5. The summed E-state index contributed by atoms with van der Waals surface area (Å²) >= 11 is 5.59. The topological polar surface area (TPSA) is 55.4 Å². The Morgan fingerprint density at radius 2 is 1.94 bits per heavy atom. The lowest BCUT2D eigenvalue weighted by Crippen LogP contribution is -2.48. The van der Waals surface area contributed by atoms with E-state index in [1.165, 1.54) is 0 Å². The van der Waals surface area contributed by atoms with Gasteiger partial charge in [0.15, 0.2) is 0 Å². The van der Waals surface area contributed by atoms with Gasteiger partial charge in [-0.2, -0.15) is 0 Å². The standard InChI is InChI=1S/C13H20ClNO3/c1-8(14)5-11(16)9-6-10(7-9)15-12(17)18-13(2,3)4/h9-10H,1,5-7H2,2-4H3,(H,15,17). The molecule has 1 saturated carbocycles. The van der Waals surface area contributed by atoms with Crippen LogP contribution in [0.2, 0.25) is 0 Å². The van der Waals surface area contributed by atoms with E-state index in [1.807, 2.05) is 20.8 Å². The van der Waals surface area contributed by atoms with E-state index in [1.54, 1.807) is 0 Å². The van der Waals surface area contributed by atoms with E-state index >= 15 is 0 Å². The van der Waals surface area contributed by atoms with Crippen molar-refractivity contribution in [3.05, 3.63) is 11.6 Å². The van der Waals surface area contributed by atoms with Gasteiger partial charge in [-0.3, -0.25) is 4.79 Å². The van der Waals surface area contributed by atoms with Gasteiger partial charge in [-0.15, -0.1) is 0 Å². The van der Waals surface area contributed by atoms with Crippen LogP contribution in [0, 0.1) is 5.92 Å². The minimum absolute atomic E-state index is 0.0135. The fraction of sp³-hybridized carbons (Fsp3) is 0.692. The molecule has 0 atom stereocenters. The van der Waals surface area contributed by atoms with E-state index in [2.05, 4.69) is 11.9 Å². The number of nitrogens with one attached hydrogen (secondary N) is 1. The SMILES string of the molecule is C=C(Cl)CC(=O)C1CC(NC(=O)OC(C)(C)C)C1. The third kappa shape index (κ3) is 5.08. The second-order valence-electron chi connectivity index (χ2n) is 5.67. The predicted octanol–water partition coefficient (Wildman–Crippen LogP) is 3.00. The monoisotopic (exact) mass is 273 g/mol. The number of Topliss-reactive ketones (excluding diaryl/α,β-unsaturated/α-hetero) is 1. The van der Waals surface area contributed by atoms with Crippen molar-refractivity contribution in [1.29, 1.82) is 0 Å². The molecule has 0 spiro atoms. The Labute approximate surface area is 113 Å². The maximum absolute atomic E-state index is 11.6.